The summed E-state index contributed by atoms with van der Waals surface area (Å²) in [5, 5.41) is 8.64. The predicted molar refractivity (Wildman–Crippen MR) is 57.6 cm³/mol. The van der Waals surface area contributed by atoms with Crippen LogP contribution in [0.25, 0.3) is 0 Å². The van der Waals surface area contributed by atoms with Gasteiger partial charge in [-0.25, -0.2) is 9.78 Å². The van der Waals surface area contributed by atoms with Gasteiger partial charge in [-0.3, -0.25) is 4.79 Å². The van der Waals surface area contributed by atoms with Gasteiger partial charge < -0.3 is 14.3 Å². The zero-order valence-electron chi connectivity index (χ0n) is 9.80. The van der Waals surface area contributed by atoms with Crippen LogP contribution in [0.5, 0.6) is 0 Å². The Morgan fingerprint density at radius 3 is 2.88 bits per heavy atom. The average molecular weight is 241 g/mol. The standard InChI is InChI=1S/C11H15NO5/c1-3-16-11(15)10-8(17-6-12-10)4-7(2)5-9(13)14/h6-7H,3-5H2,1-2H3,(H,13,14). The molecule has 0 radical (unpaired) electrons. The molecule has 0 amide bonds. The highest BCUT2D eigenvalue weighted by Crippen LogP contribution is 2.16. The first-order valence-electron chi connectivity index (χ1n) is 5.35. The van der Waals surface area contributed by atoms with Gasteiger partial charge in [0.15, 0.2) is 12.1 Å². The largest absolute Gasteiger partial charge is 0.481 e. The van der Waals surface area contributed by atoms with E-state index in [1.807, 2.05) is 0 Å². The number of carboxylic acid groups (broad SMARTS) is 1. The van der Waals surface area contributed by atoms with Crippen LogP contribution in [0, 0.1) is 5.92 Å². The van der Waals surface area contributed by atoms with Crippen molar-refractivity contribution in [2.45, 2.75) is 26.7 Å². The highest BCUT2D eigenvalue weighted by molar-refractivity contribution is 5.88. The fourth-order valence-electron chi connectivity index (χ4n) is 1.47. The summed E-state index contributed by atoms with van der Waals surface area (Å²) in [6, 6.07) is 0. The van der Waals surface area contributed by atoms with E-state index in [2.05, 4.69) is 4.98 Å². The number of hydrogen-bond donors (Lipinski definition) is 1. The molecule has 1 unspecified atom stereocenters. The Morgan fingerprint density at radius 1 is 1.59 bits per heavy atom. The van der Waals surface area contributed by atoms with Crippen LogP contribution in [0.15, 0.2) is 10.8 Å². The summed E-state index contributed by atoms with van der Waals surface area (Å²) in [5.74, 6) is -1.18. The molecular formula is C11H15NO5. The molecule has 0 aliphatic carbocycles. The zero-order chi connectivity index (χ0) is 12.8. The monoisotopic (exact) mass is 241 g/mol. The van der Waals surface area contributed by atoms with Gasteiger partial charge >= 0.3 is 11.9 Å². The average Bonchev–Trinajstić information content (AvgIpc) is 2.64. The molecule has 1 heterocycles. The molecule has 0 aliphatic heterocycles. The molecule has 1 atom stereocenters. The number of ether oxygens (including phenoxy) is 1. The number of esters is 1. The van der Waals surface area contributed by atoms with Crippen LogP contribution in [0.1, 0.15) is 36.5 Å². The maximum atomic E-state index is 11.5. The van der Waals surface area contributed by atoms with Crippen molar-refractivity contribution in [2.24, 2.45) is 5.92 Å². The van der Waals surface area contributed by atoms with E-state index in [1.54, 1.807) is 13.8 Å². The number of aliphatic carboxylic acids is 1. The number of hydrogen-bond acceptors (Lipinski definition) is 5. The lowest BCUT2D eigenvalue weighted by atomic mass is 10.0. The molecule has 0 saturated heterocycles. The van der Waals surface area contributed by atoms with E-state index in [9.17, 15) is 9.59 Å². The molecule has 0 saturated carbocycles. The van der Waals surface area contributed by atoms with E-state index in [0.29, 0.717) is 12.2 Å². The van der Waals surface area contributed by atoms with Gasteiger partial charge in [-0.15, -0.1) is 0 Å². The van der Waals surface area contributed by atoms with Crippen molar-refractivity contribution in [1.82, 2.24) is 4.98 Å². The molecular weight excluding hydrogens is 226 g/mol. The van der Waals surface area contributed by atoms with Crippen molar-refractivity contribution in [3.63, 3.8) is 0 Å². The van der Waals surface area contributed by atoms with Gasteiger partial charge in [0.2, 0.25) is 0 Å². The summed E-state index contributed by atoms with van der Waals surface area (Å²) < 4.78 is 9.89. The lowest BCUT2D eigenvalue weighted by Crippen LogP contribution is -2.11. The molecule has 17 heavy (non-hydrogen) atoms. The Bertz CT molecular complexity index is 398. The molecule has 1 rings (SSSR count). The van der Waals surface area contributed by atoms with Gasteiger partial charge in [-0.1, -0.05) is 6.92 Å². The number of oxazole rings is 1. The molecule has 0 bridgehead atoms. The molecule has 6 heteroatoms. The number of carboxylic acids is 1. The third-order valence-electron chi connectivity index (χ3n) is 2.17. The number of nitrogens with zero attached hydrogens (tertiary/aromatic N) is 1. The fraction of sp³-hybridized carbons (Fsp3) is 0.545. The normalized spacial score (nSPS) is 12.1. The summed E-state index contributed by atoms with van der Waals surface area (Å²) in [7, 11) is 0. The number of aromatic nitrogens is 1. The van der Waals surface area contributed by atoms with Gasteiger partial charge in [0, 0.05) is 12.8 Å². The molecule has 1 aromatic rings. The maximum absolute atomic E-state index is 11.5. The van der Waals surface area contributed by atoms with Crippen molar-refractivity contribution >= 4 is 11.9 Å². The van der Waals surface area contributed by atoms with Crippen LogP contribution in [0.4, 0.5) is 0 Å². The van der Waals surface area contributed by atoms with Crippen LogP contribution < -0.4 is 0 Å². The molecule has 94 valence electrons. The van der Waals surface area contributed by atoms with E-state index in [4.69, 9.17) is 14.3 Å². The van der Waals surface area contributed by atoms with E-state index < -0.39 is 11.9 Å². The summed E-state index contributed by atoms with van der Waals surface area (Å²) in [5.41, 5.74) is 0.129. The van der Waals surface area contributed by atoms with Crippen LogP contribution in [-0.4, -0.2) is 28.6 Å². The fourth-order valence-corrected chi connectivity index (χ4v) is 1.47. The van der Waals surface area contributed by atoms with Crippen LogP contribution >= 0.6 is 0 Å². The quantitative estimate of drug-likeness (QED) is 0.759. The van der Waals surface area contributed by atoms with Crippen molar-refractivity contribution in [3.05, 3.63) is 17.8 Å². The third kappa shape index (κ3) is 3.90. The summed E-state index contributed by atoms with van der Waals surface area (Å²) in [6.45, 7) is 3.73. The SMILES string of the molecule is CCOC(=O)c1ncoc1CC(C)CC(=O)O. The Kier molecular flexibility index (Phi) is 4.68. The van der Waals surface area contributed by atoms with Crippen LogP contribution in [-0.2, 0) is 16.0 Å². The Labute approximate surface area is 98.6 Å². The summed E-state index contributed by atoms with van der Waals surface area (Å²) in [4.78, 5) is 25.8. The number of carbonyl (C=O) groups is 2. The number of carbonyl (C=O) groups excluding carboxylic acids is 1. The molecule has 0 spiro atoms. The Hall–Kier alpha value is -1.85. The van der Waals surface area contributed by atoms with Gasteiger partial charge in [-0.2, -0.15) is 0 Å². The minimum atomic E-state index is -0.880. The second-order valence-electron chi connectivity index (χ2n) is 3.75. The molecule has 0 fully saturated rings. The second-order valence-corrected chi connectivity index (χ2v) is 3.75. The van der Waals surface area contributed by atoms with Gasteiger partial charge in [0.1, 0.15) is 5.76 Å². The molecule has 6 nitrogen and oxygen atoms in total. The lowest BCUT2D eigenvalue weighted by Gasteiger charge is -2.06. The van der Waals surface area contributed by atoms with E-state index in [1.165, 1.54) is 0 Å². The van der Waals surface area contributed by atoms with Crippen LogP contribution in [0.3, 0.4) is 0 Å². The van der Waals surface area contributed by atoms with E-state index in [-0.39, 0.29) is 24.6 Å². The smallest absolute Gasteiger partial charge is 0.360 e. The third-order valence-corrected chi connectivity index (χ3v) is 2.17. The summed E-state index contributed by atoms with van der Waals surface area (Å²) in [6.07, 6.45) is 1.53. The molecule has 0 aliphatic rings. The van der Waals surface area contributed by atoms with Crippen molar-refractivity contribution in [3.8, 4) is 0 Å². The van der Waals surface area contributed by atoms with Crippen LogP contribution in [0.2, 0.25) is 0 Å². The molecule has 0 aromatic carbocycles. The van der Waals surface area contributed by atoms with Crippen molar-refractivity contribution in [1.29, 1.82) is 0 Å². The zero-order valence-corrected chi connectivity index (χ0v) is 9.80. The summed E-state index contributed by atoms with van der Waals surface area (Å²) >= 11 is 0. The lowest BCUT2D eigenvalue weighted by molar-refractivity contribution is -0.137. The van der Waals surface area contributed by atoms with Crippen molar-refractivity contribution in [2.75, 3.05) is 6.61 Å². The maximum Gasteiger partial charge on any atom is 0.360 e. The predicted octanol–water partition coefficient (Wildman–Crippen LogP) is 1.50. The minimum absolute atomic E-state index is 0.0168. The van der Waals surface area contributed by atoms with E-state index >= 15 is 0 Å². The first-order valence-corrected chi connectivity index (χ1v) is 5.35. The second kappa shape index (κ2) is 6.03. The minimum Gasteiger partial charge on any atom is -0.481 e. The van der Waals surface area contributed by atoms with Gasteiger partial charge in [0.25, 0.3) is 0 Å². The molecule has 1 aromatic heterocycles. The Balaban J connectivity index is 2.68. The van der Waals surface area contributed by atoms with Crippen molar-refractivity contribution < 1.29 is 23.8 Å². The van der Waals surface area contributed by atoms with Gasteiger partial charge in [0.05, 0.1) is 6.61 Å². The topological polar surface area (TPSA) is 89.6 Å². The number of rotatable bonds is 6. The highest BCUT2D eigenvalue weighted by atomic mass is 16.5. The van der Waals surface area contributed by atoms with Gasteiger partial charge in [-0.05, 0) is 12.8 Å². The first kappa shape index (κ1) is 13.2. The first-order chi connectivity index (χ1) is 8.04. The highest BCUT2D eigenvalue weighted by Gasteiger charge is 2.20. The van der Waals surface area contributed by atoms with E-state index in [0.717, 1.165) is 6.39 Å². The Morgan fingerprint density at radius 2 is 2.29 bits per heavy atom. The molecule has 1 N–H and O–H groups in total.